The van der Waals surface area contributed by atoms with Crippen molar-refractivity contribution in [3.8, 4) is 0 Å². The van der Waals surface area contributed by atoms with Gasteiger partial charge in [-0.1, -0.05) is 69.9 Å². The lowest BCUT2D eigenvalue weighted by Crippen LogP contribution is -2.55. The highest BCUT2D eigenvalue weighted by Crippen LogP contribution is 2.25. The Hall–Kier alpha value is -2.57. The fourth-order valence-electron chi connectivity index (χ4n) is 3.79. The Labute approximate surface area is 212 Å². The monoisotopic (exact) mass is 489 g/mol. The van der Waals surface area contributed by atoms with Gasteiger partial charge in [-0.3, -0.25) is 9.59 Å². The first-order valence-corrected chi connectivity index (χ1v) is 12.9. The molecule has 3 amide bonds. The van der Waals surface area contributed by atoms with Crippen LogP contribution in [-0.4, -0.2) is 47.0 Å². The van der Waals surface area contributed by atoms with Crippen molar-refractivity contribution in [3.05, 3.63) is 35.4 Å². The van der Waals surface area contributed by atoms with Crippen molar-refractivity contribution in [2.24, 2.45) is 5.92 Å². The molecular formula is C28H47N3O4. The SMILES string of the molecule is CCCCCCN(C(=O)C(NC(=O)OC(C)(C)C)C(C)C)C(C(=O)NC(C)C)c1ccc(C)cc1. The molecule has 0 bridgehead atoms. The van der Waals surface area contributed by atoms with Crippen LogP contribution in [0.25, 0.3) is 0 Å². The molecule has 0 heterocycles. The minimum absolute atomic E-state index is 0.0757. The minimum Gasteiger partial charge on any atom is -0.444 e. The van der Waals surface area contributed by atoms with E-state index in [2.05, 4.69) is 17.6 Å². The molecule has 2 atom stereocenters. The van der Waals surface area contributed by atoms with E-state index in [1.807, 2.05) is 58.9 Å². The first-order chi connectivity index (χ1) is 16.3. The average molecular weight is 490 g/mol. The zero-order chi connectivity index (χ0) is 26.8. The number of hydrogen-bond donors (Lipinski definition) is 2. The molecule has 7 nitrogen and oxygen atoms in total. The smallest absolute Gasteiger partial charge is 0.408 e. The van der Waals surface area contributed by atoms with Gasteiger partial charge in [-0.05, 0) is 59.4 Å². The van der Waals surface area contributed by atoms with Crippen LogP contribution in [0, 0.1) is 12.8 Å². The number of nitrogens with one attached hydrogen (secondary N) is 2. The summed E-state index contributed by atoms with van der Waals surface area (Å²) in [5.74, 6) is -0.709. The van der Waals surface area contributed by atoms with Crippen LogP contribution in [-0.2, 0) is 14.3 Å². The first-order valence-electron chi connectivity index (χ1n) is 12.9. The molecule has 35 heavy (non-hydrogen) atoms. The maximum atomic E-state index is 14.0. The molecule has 0 spiro atoms. The standard InChI is InChI=1S/C28H47N3O4/c1-10-11-12-13-18-31(26(33)23(19(2)3)30-27(34)35-28(7,8)9)24(25(32)29-20(4)5)22-16-14-21(6)15-17-22/h14-17,19-20,23-24H,10-13,18H2,1-9H3,(H,29,32)(H,30,34). The van der Waals surface area contributed by atoms with Gasteiger partial charge in [0.1, 0.15) is 17.7 Å². The molecule has 0 saturated carbocycles. The van der Waals surface area contributed by atoms with Gasteiger partial charge in [0.05, 0.1) is 0 Å². The van der Waals surface area contributed by atoms with Gasteiger partial charge in [0.2, 0.25) is 11.8 Å². The molecule has 2 unspecified atom stereocenters. The number of benzene rings is 1. The van der Waals surface area contributed by atoms with Crippen LogP contribution < -0.4 is 10.6 Å². The summed E-state index contributed by atoms with van der Waals surface area (Å²) in [6.45, 7) is 17.4. The number of amides is 3. The van der Waals surface area contributed by atoms with Gasteiger partial charge in [0.15, 0.2) is 0 Å². The molecule has 0 saturated heterocycles. The second kappa shape index (κ2) is 14.1. The molecule has 198 valence electrons. The van der Waals surface area contributed by atoms with Crippen LogP contribution in [0.3, 0.4) is 0 Å². The van der Waals surface area contributed by atoms with Crippen LogP contribution in [0.15, 0.2) is 24.3 Å². The molecule has 0 aliphatic heterocycles. The van der Waals surface area contributed by atoms with Gasteiger partial charge in [-0.2, -0.15) is 0 Å². The van der Waals surface area contributed by atoms with Crippen LogP contribution in [0.1, 0.15) is 98.2 Å². The predicted molar refractivity (Wildman–Crippen MR) is 141 cm³/mol. The quantitative estimate of drug-likeness (QED) is 0.379. The largest absolute Gasteiger partial charge is 0.444 e. The van der Waals surface area contributed by atoms with Crippen LogP contribution in [0.5, 0.6) is 0 Å². The predicted octanol–water partition coefficient (Wildman–Crippen LogP) is 5.52. The van der Waals surface area contributed by atoms with E-state index in [4.69, 9.17) is 4.74 Å². The Balaban J connectivity index is 3.42. The van der Waals surface area contributed by atoms with E-state index < -0.39 is 23.8 Å². The number of hydrogen-bond acceptors (Lipinski definition) is 4. The first kappa shape index (κ1) is 30.5. The average Bonchev–Trinajstić information content (AvgIpc) is 2.72. The fourth-order valence-corrected chi connectivity index (χ4v) is 3.79. The molecule has 0 fully saturated rings. The Morgan fingerprint density at radius 2 is 1.54 bits per heavy atom. The molecule has 0 radical (unpaired) electrons. The summed E-state index contributed by atoms with van der Waals surface area (Å²) >= 11 is 0. The van der Waals surface area contributed by atoms with E-state index >= 15 is 0 Å². The lowest BCUT2D eigenvalue weighted by atomic mass is 9.97. The topological polar surface area (TPSA) is 87.7 Å². The minimum atomic E-state index is -0.823. The number of nitrogens with zero attached hydrogens (tertiary/aromatic N) is 1. The number of aryl methyl sites for hydroxylation is 1. The fraction of sp³-hybridized carbons (Fsp3) is 0.679. The highest BCUT2D eigenvalue weighted by atomic mass is 16.6. The van der Waals surface area contributed by atoms with E-state index in [-0.39, 0.29) is 23.8 Å². The lowest BCUT2D eigenvalue weighted by Gasteiger charge is -2.36. The molecule has 7 heteroatoms. The van der Waals surface area contributed by atoms with E-state index in [9.17, 15) is 14.4 Å². The number of rotatable bonds is 12. The van der Waals surface area contributed by atoms with Gasteiger partial charge in [0, 0.05) is 12.6 Å². The Morgan fingerprint density at radius 1 is 0.943 bits per heavy atom. The summed E-state index contributed by atoms with van der Waals surface area (Å²) < 4.78 is 5.42. The van der Waals surface area contributed by atoms with Gasteiger partial charge in [-0.25, -0.2) is 4.79 Å². The van der Waals surface area contributed by atoms with Crippen LogP contribution in [0.4, 0.5) is 4.79 Å². The van der Waals surface area contributed by atoms with Crippen molar-refractivity contribution in [1.82, 2.24) is 15.5 Å². The summed E-state index contributed by atoms with van der Waals surface area (Å²) in [5.41, 5.74) is 1.14. The van der Waals surface area contributed by atoms with E-state index in [1.54, 1.807) is 25.7 Å². The third-order valence-electron chi connectivity index (χ3n) is 5.52. The van der Waals surface area contributed by atoms with Crippen molar-refractivity contribution < 1.29 is 19.1 Å². The van der Waals surface area contributed by atoms with Crippen molar-refractivity contribution in [2.45, 2.75) is 112 Å². The van der Waals surface area contributed by atoms with Gasteiger partial charge < -0.3 is 20.3 Å². The van der Waals surface area contributed by atoms with Crippen molar-refractivity contribution >= 4 is 17.9 Å². The van der Waals surface area contributed by atoms with E-state index in [1.165, 1.54) is 0 Å². The second-order valence-electron chi connectivity index (χ2n) is 10.9. The Morgan fingerprint density at radius 3 is 2.03 bits per heavy atom. The number of ether oxygens (including phenoxy) is 1. The Bertz CT molecular complexity index is 812. The van der Waals surface area contributed by atoms with Gasteiger partial charge >= 0.3 is 6.09 Å². The van der Waals surface area contributed by atoms with Gasteiger partial charge in [-0.15, -0.1) is 0 Å². The molecule has 0 aliphatic carbocycles. The Kier molecular flexibility index (Phi) is 12.3. The molecule has 1 rings (SSSR count). The maximum Gasteiger partial charge on any atom is 0.408 e. The molecule has 2 N–H and O–H groups in total. The molecule has 0 aliphatic rings. The number of carbonyl (C=O) groups is 3. The second-order valence-corrected chi connectivity index (χ2v) is 10.9. The molecule has 1 aromatic rings. The number of carbonyl (C=O) groups excluding carboxylic acids is 3. The van der Waals surface area contributed by atoms with Crippen LogP contribution in [0.2, 0.25) is 0 Å². The lowest BCUT2D eigenvalue weighted by molar-refractivity contribution is -0.143. The number of alkyl carbamates (subject to hydrolysis) is 1. The van der Waals surface area contributed by atoms with E-state index in [0.29, 0.717) is 6.54 Å². The summed E-state index contributed by atoms with van der Waals surface area (Å²) in [6, 6.07) is 6.00. The maximum absolute atomic E-state index is 14.0. The zero-order valence-corrected chi connectivity index (χ0v) is 23.2. The summed E-state index contributed by atoms with van der Waals surface area (Å²) in [5, 5.41) is 5.75. The summed E-state index contributed by atoms with van der Waals surface area (Å²) in [7, 11) is 0. The third kappa shape index (κ3) is 10.7. The van der Waals surface area contributed by atoms with Crippen LogP contribution >= 0.6 is 0 Å². The van der Waals surface area contributed by atoms with Crippen molar-refractivity contribution in [1.29, 1.82) is 0 Å². The summed E-state index contributed by atoms with van der Waals surface area (Å²) in [4.78, 5) is 41.7. The highest BCUT2D eigenvalue weighted by molar-refractivity contribution is 5.92. The third-order valence-corrected chi connectivity index (χ3v) is 5.52. The van der Waals surface area contributed by atoms with E-state index in [0.717, 1.165) is 36.8 Å². The zero-order valence-electron chi connectivity index (χ0n) is 23.2. The normalized spacial score (nSPS) is 13.3. The summed E-state index contributed by atoms with van der Waals surface area (Å²) in [6.07, 6.45) is 3.21. The van der Waals surface area contributed by atoms with Crippen molar-refractivity contribution in [3.63, 3.8) is 0 Å². The molecular weight excluding hydrogens is 442 g/mol. The highest BCUT2D eigenvalue weighted by Gasteiger charge is 2.37. The molecule has 1 aromatic carbocycles. The molecule has 0 aromatic heterocycles. The van der Waals surface area contributed by atoms with Gasteiger partial charge in [0.25, 0.3) is 0 Å². The number of unbranched alkanes of at least 4 members (excludes halogenated alkanes) is 3. The van der Waals surface area contributed by atoms with Crippen molar-refractivity contribution in [2.75, 3.05) is 6.54 Å².